The van der Waals surface area contributed by atoms with Crippen LogP contribution in [0.4, 0.5) is 5.69 Å². The lowest BCUT2D eigenvalue weighted by molar-refractivity contribution is 0.227. The van der Waals surface area contributed by atoms with Crippen molar-refractivity contribution in [1.29, 1.82) is 0 Å². The first kappa shape index (κ1) is 16.2. The molecule has 21 heavy (non-hydrogen) atoms. The molecule has 6 nitrogen and oxygen atoms in total. The molecule has 118 valence electrons. The number of rotatable bonds is 5. The summed E-state index contributed by atoms with van der Waals surface area (Å²) in [7, 11) is -3.61. The number of primary sulfonamides is 1. The minimum Gasteiger partial charge on any atom is -0.369 e. The molecule has 1 saturated heterocycles. The van der Waals surface area contributed by atoms with Crippen LogP contribution >= 0.6 is 0 Å². The van der Waals surface area contributed by atoms with Gasteiger partial charge in [-0.05, 0) is 36.7 Å². The summed E-state index contributed by atoms with van der Waals surface area (Å²) in [5.41, 5.74) is 6.70. The average molecular weight is 312 g/mol. The van der Waals surface area contributed by atoms with Crippen molar-refractivity contribution in [2.75, 3.05) is 44.2 Å². The van der Waals surface area contributed by atoms with E-state index in [0.29, 0.717) is 5.92 Å². The van der Waals surface area contributed by atoms with Gasteiger partial charge in [0.2, 0.25) is 10.0 Å². The summed E-state index contributed by atoms with van der Waals surface area (Å²) in [6.07, 6.45) is 0. The second-order valence-electron chi connectivity index (χ2n) is 5.67. The van der Waals surface area contributed by atoms with Crippen LogP contribution in [0.5, 0.6) is 0 Å². The van der Waals surface area contributed by atoms with Crippen molar-refractivity contribution >= 4 is 15.7 Å². The van der Waals surface area contributed by atoms with Gasteiger partial charge in [0.25, 0.3) is 0 Å². The van der Waals surface area contributed by atoms with Gasteiger partial charge in [-0.1, -0.05) is 6.92 Å². The van der Waals surface area contributed by atoms with E-state index in [2.05, 4.69) is 16.7 Å². The van der Waals surface area contributed by atoms with Gasteiger partial charge in [-0.2, -0.15) is 0 Å². The Hall–Kier alpha value is -1.15. The molecule has 4 N–H and O–H groups in total. The maximum absolute atomic E-state index is 11.2. The minimum absolute atomic E-state index is 0.154. The van der Waals surface area contributed by atoms with Gasteiger partial charge in [-0.25, -0.2) is 13.6 Å². The van der Waals surface area contributed by atoms with Gasteiger partial charge in [-0.3, -0.25) is 4.90 Å². The van der Waals surface area contributed by atoms with Crippen LogP contribution in [0.3, 0.4) is 0 Å². The Morgan fingerprint density at radius 2 is 1.71 bits per heavy atom. The van der Waals surface area contributed by atoms with Crippen molar-refractivity contribution in [2.24, 2.45) is 16.8 Å². The molecule has 0 saturated carbocycles. The zero-order valence-corrected chi connectivity index (χ0v) is 13.2. The summed E-state index contributed by atoms with van der Waals surface area (Å²) in [6.45, 7) is 7.79. The van der Waals surface area contributed by atoms with Gasteiger partial charge in [-0.15, -0.1) is 0 Å². The maximum Gasteiger partial charge on any atom is 0.238 e. The molecule has 1 aromatic carbocycles. The molecule has 0 spiro atoms. The Bertz CT molecular complexity index is 551. The molecule has 0 radical (unpaired) electrons. The molecule has 0 bridgehead atoms. The first-order chi connectivity index (χ1) is 9.90. The van der Waals surface area contributed by atoms with Crippen LogP contribution in [0.2, 0.25) is 0 Å². The number of hydrogen-bond acceptors (Lipinski definition) is 5. The molecule has 0 amide bonds. The number of benzene rings is 1. The van der Waals surface area contributed by atoms with Gasteiger partial charge in [0.1, 0.15) is 0 Å². The maximum atomic E-state index is 11.2. The summed E-state index contributed by atoms with van der Waals surface area (Å²) in [5, 5.41) is 5.10. The standard InChI is InChI=1S/C14H24N4O2S/c1-12(10-15)11-17-6-8-18(9-7-17)13-2-4-14(5-3-13)21(16,19)20/h2-5,12H,6-11,15H2,1H3,(H2,16,19,20). The Morgan fingerprint density at radius 1 is 1.14 bits per heavy atom. The van der Waals surface area contributed by atoms with Gasteiger partial charge in [0.05, 0.1) is 4.90 Å². The molecule has 0 aromatic heterocycles. The fraction of sp³-hybridized carbons (Fsp3) is 0.571. The van der Waals surface area contributed by atoms with Crippen LogP contribution in [0.15, 0.2) is 29.2 Å². The third-order valence-electron chi connectivity index (χ3n) is 3.87. The van der Waals surface area contributed by atoms with Crippen LogP contribution in [-0.4, -0.2) is 52.6 Å². The van der Waals surface area contributed by atoms with E-state index in [4.69, 9.17) is 10.9 Å². The molecule has 0 aliphatic carbocycles. The van der Waals surface area contributed by atoms with E-state index < -0.39 is 10.0 Å². The summed E-state index contributed by atoms with van der Waals surface area (Å²) >= 11 is 0. The molecular weight excluding hydrogens is 288 g/mol. The lowest BCUT2D eigenvalue weighted by Crippen LogP contribution is -2.48. The van der Waals surface area contributed by atoms with E-state index >= 15 is 0 Å². The normalized spacial score (nSPS) is 18.7. The lowest BCUT2D eigenvalue weighted by Gasteiger charge is -2.37. The SMILES string of the molecule is CC(CN)CN1CCN(c2ccc(S(N)(=O)=O)cc2)CC1. The molecular formula is C14H24N4O2S. The largest absolute Gasteiger partial charge is 0.369 e. The second kappa shape index (κ2) is 6.74. The fourth-order valence-corrected chi connectivity index (χ4v) is 3.07. The van der Waals surface area contributed by atoms with Gasteiger partial charge < -0.3 is 10.6 Å². The molecule has 7 heteroatoms. The highest BCUT2D eigenvalue weighted by Crippen LogP contribution is 2.19. The summed E-state index contributed by atoms with van der Waals surface area (Å²) < 4.78 is 22.5. The number of hydrogen-bond donors (Lipinski definition) is 2. The Morgan fingerprint density at radius 3 is 2.19 bits per heavy atom. The van der Waals surface area contributed by atoms with Crippen molar-refractivity contribution < 1.29 is 8.42 Å². The zero-order valence-electron chi connectivity index (χ0n) is 12.4. The predicted molar refractivity (Wildman–Crippen MR) is 84.7 cm³/mol. The minimum atomic E-state index is -3.61. The van der Waals surface area contributed by atoms with Crippen molar-refractivity contribution in [1.82, 2.24) is 4.90 Å². The number of sulfonamides is 1. The molecule has 1 aliphatic rings. The molecule has 1 heterocycles. The quantitative estimate of drug-likeness (QED) is 0.801. The molecule has 1 unspecified atom stereocenters. The van der Waals surface area contributed by atoms with E-state index in [1.807, 2.05) is 12.1 Å². The lowest BCUT2D eigenvalue weighted by atomic mass is 10.1. The van der Waals surface area contributed by atoms with Crippen LogP contribution in [0.1, 0.15) is 6.92 Å². The highest BCUT2D eigenvalue weighted by atomic mass is 32.2. The number of nitrogens with two attached hydrogens (primary N) is 2. The first-order valence-electron chi connectivity index (χ1n) is 7.20. The van der Waals surface area contributed by atoms with E-state index in [9.17, 15) is 8.42 Å². The summed E-state index contributed by atoms with van der Waals surface area (Å²) in [6, 6.07) is 6.76. The number of anilines is 1. The monoisotopic (exact) mass is 312 g/mol. The molecule has 1 atom stereocenters. The van der Waals surface area contributed by atoms with Crippen molar-refractivity contribution in [3.8, 4) is 0 Å². The Balaban J connectivity index is 1.93. The molecule has 1 aromatic rings. The van der Waals surface area contributed by atoms with E-state index in [-0.39, 0.29) is 4.90 Å². The highest BCUT2D eigenvalue weighted by molar-refractivity contribution is 7.89. The van der Waals surface area contributed by atoms with Crippen molar-refractivity contribution in [3.05, 3.63) is 24.3 Å². The predicted octanol–water partition coefficient (Wildman–Crippen LogP) is 0.0508. The van der Waals surface area contributed by atoms with Crippen molar-refractivity contribution in [3.63, 3.8) is 0 Å². The summed E-state index contributed by atoms with van der Waals surface area (Å²) in [4.78, 5) is 4.84. The number of piperazine rings is 1. The van der Waals surface area contributed by atoms with Gasteiger partial charge in [0, 0.05) is 38.4 Å². The fourth-order valence-electron chi connectivity index (χ4n) is 2.55. The van der Waals surface area contributed by atoms with Crippen LogP contribution in [-0.2, 0) is 10.0 Å². The average Bonchev–Trinajstić information content (AvgIpc) is 2.47. The molecule has 1 aliphatic heterocycles. The second-order valence-corrected chi connectivity index (χ2v) is 7.23. The first-order valence-corrected chi connectivity index (χ1v) is 8.75. The Labute approximate surface area is 126 Å². The molecule has 1 fully saturated rings. The van der Waals surface area contributed by atoms with Gasteiger partial charge in [0.15, 0.2) is 0 Å². The highest BCUT2D eigenvalue weighted by Gasteiger charge is 2.18. The molecule has 2 rings (SSSR count). The van der Waals surface area contributed by atoms with E-state index in [1.165, 1.54) is 0 Å². The van der Waals surface area contributed by atoms with Gasteiger partial charge >= 0.3 is 0 Å². The zero-order chi connectivity index (χ0) is 15.5. The van der Waals surface area contributed by atoms with Crippen molar-refractivity contribution in [2.45, 2.75) is 11.8 Å². The third-order valence-corrected chi connectivity index (χ3v) is 4.80. The van der Waals surface area contributed by atoms with E-state index in [0.717, 1.165) is 45.0 Å². The smallest absolute Gasteiger partial charge is 0.238 e. The summed E-state index contributed by atoms with van der Waals surface area (Å²) in [5.74, 6) is 0.519. The topological polar surface area (TPSA) is 92.7 Å². The van der Waals surface area contributed by atoms with E-state index in [1.54, 1.807) is 12.1 Å². The Kier molecular flexibility index (Phi) is 5.21. The third kappa shape index (κ3) is 4.41. The van der Waals surface area contributed by atoms with Crippen LogP contribution in [0, 0.1) is 5.92 Å². The van der Waals surface area contributed by atoms with Crippen LogP contribution < -0.4 is 15.8 Å². The number of nitrogens with zero attached hydrogens (tertiary/aromatic N) is 2. The van der Waals surface area contributed by atoms with Crippen LogP contribution in [0.25, 0.3) is 0 Å².